The number of carboxylic acids is 1. The molecule has 4 nitrogen and oxygen atoms in total. The molecule has 0 aliphatic carbocycles. The number of alkyl halides is 2. The molecule has 0 bridgehead atoms. The number of carbonyl (C=O) groups is 1. The van der Waals surface area contributed by atoms with Crippen LogP contribution in [0.25, 0.3) is 0 Å². The minimum atomic E-state index is -2.92. The van der Waals surface area contributed by atoms with Gasteiger partial charge in [0.2, 0.25) is 0 Å². The van der Waals surface area contributed by atoms with Gasteiger partial charge in [-0.25, -0.2) is 23.5 Å². The van der Waals surface area contributed by atoms with Gasteiger partial charge in [0, 0.05) is 6.20 Å². The molecule has 0 atom stereocenters. The van der Waals surface area contributed by atoms with Gasteiger partial charge in [0.05, 0.1) is 5.69 Å². The van der Waals surface area contributed by atoms with Crippen molar-refractivity contribution in [1.29, 1.82) is 0 Å². The van der Waals surface area contributed by atoms with E-state index in [-0.39, 0.29) is 5.69 Å². The molecule has 0 aromatic carbocycles. The van der Waals surface area contributed by atoms with Crippen LogP contribution in [0.15, 0.2) is 6.20 Å². The molecule has 0 fully saturated rings. The summed E-state index contributed by atoms with van der Waals surface area (Å²) in [6, 6.07) is 0. The summed E-state index contributed by atoms with van der Waals surface area (Å²) >= 11 is 0. The van der Waals surface area contributed by atoms with Crippen molar-refractivity contribution in [2.75, 3.05) is 0 Å². The van der Waals surface area contributed by atoms with Crippen molar-refractivity contribution < 1.29 is 18.7 Å². The zero-order chi connectivity index (χ0) is 10.0. The monoisotopic (exact) mass is 188 g/mol. The summed E-state index contributed by atoms with van der Waals surface area (Å²) < 4.78 is 24.4. The van der Waals surface area contributed by atoms with Gasteiger partial charge >= 0.3 is 5.97 Å². The summed E-state index contributed by atoms with van der Waals surface area (Å²) in [6.07, 6.45) is -1.78. The van der Waals surface area contributed by atoms with Crippen LogP contribution in [0.4, 0.5) is 8.78 Å². The molecule has 0 spiro atoms. The standard InChI is InChI=1S/C7H6F2N2O2/c1-3-2-10-5(7(12)13)4(11-3)6(8)9/h2,6H,1H3,(H,12,13). The topological polar surface area (TPSA) is 63.1 Å². The fourth-order valence-corrected chi connectivity index (χ4v) is 0.813. The summed E-state index contributed by atoms with van der Waals surface area (Å²) in [5, 5.41) is 8.47. The van der Waals surface area contributed by atoms with E-state index in [2.05, 4.69) is 9.97 Å². The molecule has 1 rings (SSSR count). The Morgan fingerprint density at radius 3 is 2.69 bits per heavy atom. The van der Waals surface area contributed by atoms with Gasteiger partial charge in [-0.3, -0.25) is 0 Å². The van der Waals surface area contributed by atoms with Crippen molar-refractivity contribution in [1.82, 2.24) is 9.97 Å². The highest BCUT2D eigenvalue weighted by Crippen LogP contribution is 2.19. The van der Waals surface area contributed by atoms with E-state index < -0.39 is 23.8 Å². The Hall–Kier alpha value is -1.59. The lowest BCUT2D eigenvalue weighted by Gasteiger charge is -2.02. The molecule has 1 aromatic heterocycles. The van der Waals surface area contributed by atoms with Gasteiger partial charge in [0.25, 0.3) is 6.43 Å². The van der Waals surface area contributed by atoms with Crippen LogP contribution in [-0.4, -0.2) is 21.0 Å². The van der Waals surface area contributed by atoms with Crippen LogP contribution in [0.1, 0.15) is 28.3 Å². The van der Waals surface area contributed by atoms with E-state index in [1.807, 2.05) is 0 Å². The van der Waals surface area contributed by atoms with Crippen LogP contribution in [0.2, 0.25) is 0 Å². The molecule has 1 N–H and O–H groups in total. The Kier molecular flexibility index (Phi) is 2.50. The Morgan fingerprint density at radius 2 is 2.23 bits per heavy atom. The van der Waals surface area contributed by atoms with E-state index >= 15 is 0 Å². The van der Waals surface area contributed by atoms with Crippen molar-refractivity contribution in [2.24, 2.45) is 0 Å². The average Bonchev–Trinajstić information content (AvgIpc) is 2.03. The van der Waals surface area contributed by atoms with Gasteiger partial charge in [-0.1, -0.05) is 0 Å². The van der Waals surface area contributed by atoms with E-state index in [0.717, 1.165) is 6.20 Å². The average molecular weight is 188 g/mol. The van der Waals surface area contributed by atoms with E-state index in [1.54, 1.807) is 0 Å². The SMILES string of the molecule is Cc1cnc(C(=O)O)c(C(F)F)n1. The number of hydrogen-bond donors (Lipinski definition) is 1. The quantitative estimate of drug-likeness (QED) is 0.762. The maximum atomic E-state index is 12.2. The highest BCUT2D eigenvalue weighted by atomic mass is 19.3. The molecule has 0 aliphatic heterocycles. The maximum absolute atomic E-state index is 12.2. The first-order valence-corrected chi connectivity index (χ1v) is 3.37. The lowest BCUT2D eigenvalue weighted by atomic mass is 10.3. The van der Waals surface area contributed by atoms with Crippen LogP contribution < -0.4 is 0 Å². The molecule has 6 heteroatoms. The lowest BCUT2D eigenvalue weighted by Crippen LogP contribution is -2.09. The molecule has 70 valence electrons. The molecule has 0 saturated carbocycles. The first-order chi connectivity index (χ1) is 6.02. The Labute approximate surface area is 72.3 Å². The minimum Gasteiger partial charge on any atom is -0.476 e. The first kappa shape index (κ1) is 9.50. The molecule has 0 radical (unpaired) electrons. The van der Waals surface area contributed by atoms with Crippen molar-refractivity contribution in [3.63, 3.8) is 0 Å². The molecule has 0 unspecified atom stereocenters. The fraction of sp³-hybridized carbons (Fsp3) is 0.286. The summed E-state index contributed by atoms with van der Waals surface area (Å²) in [5.41, 5.74) is -1.21. The second kappa shape index (κ2) is 3.42. The van der Waals surface area contributed by atoms with Gasteiger partial charge in [0.15, 0.2) is 5.69 Å². The molecular weight excluding hydrogens is 182 g/mol. The molecule has 0 aliphatic rings. The molecule has 0 saturated heterocycles. The van der Waals surface area contributed by atoms with Gasteiger partial charge < -0.3 is 5.11 Å². The second-order valence-electron chi connectivity index (χ2n) is 2.35. The number of halogens is 2. The van der Waals surface area contributed by atoms with E-state index in [0.29, 0.717) is 0 Å². The smallest absolute Gasteiger partial charge is 0.356 e. The zero-order valence-electron chi connectivity index (χ0n) is 6.66. The van der Waals surface area contributed by atoms with Crippen molar-refractivity contribution >= 4 is 5.97 Å². The number of aryl methyl sites for hydroxylation is 1. The summed E-state index contributed by atoms with van der Waals surface area (Å²) in [5.74, 6) is -1.50. The number of nitrogens with zero attached hydrogens (tertiary/aromatic N) is 2. The third-order valence-electron chi connectivity index (χ3n) is 1.33. The Morgan fingerprint density at radius 1 is 1.62 bits per heavy atom. The Balaban J connectivity index is 3.26. The Bertz CT molecular complexity index is 341. The summed E-state index contributed by atoms with van der Waals surface area (Å²) in [7, 11) is 0. The second-order valence-corrected chi connectivity index (χ2v) is 2.35. The first-order valence-electron chi connectivity index (χ1n) is 3.37. The number of hydrogen-bond acceptors (Lipinski definition) is 3. The normalized spacial score (nSPS) is 10.5. The van der Waals surface area contributed by atoms with Crippen LogP contribution in [-0.2, 0) is 0 Å². The molecule has 0 amide bonds. The van der Waals surface area contributed by atoms with Crippen LogP contribution in [0, 0.1) is 6.92 Å². The number of carboxylic acid groups (broad SMARTS) is 1. The third-order valence-corrected chi connectivity index (χ3v) is 1.33. The van der Waals surface area contributed by atoms with E-state index in [4.69, 9.17) is 5.11 Å². The predicted octanol–water partition coefficient (Wildman–Crippen LogP) is 1.42. The van der Waals surface area contributed by atoms with Crippen LogP contribution in [0.5, 0.6) is 0 Å². The molecule has 1 heterocycles. The predicted molar refractivity (Wildman–Crippen MR) is 38.7 cm³/mol. The maximum Gasteiger partial charge on any atom is 0.356 e. The van der Waals surface area contributed by atoms with E-state index in [9.17, 15) is 13.6 Å². The van der Waals surface area contributed by atoms with Crippen LogP contribution >= 0.6 is 0 Å². The summed E-state index contributed by atoms with van der Waals surface area (Å²) in [6.45, 7) is 1.46. The van der Waals surface area contributed by atoms with Crippen molar-refractivity contribution in [2.45, 2.75) is 13.3 Å². The van der Waals surface area contributed by atoms with Crippen molar-refractivity contribution in [3.05, 3.63) is 23.3 Å². The highest BCUT2D eigenvalue weighted by Gasteiger charge is 2.20. The number of aromatic nitrogens is 2. The van der Waals surface area contributed by atoms with Crippen molar-refractivity contribution in [3.8, 4) is 0 Å². The lowest BCUT2D eigenvalue weighted by molar-refractivity contribution is 0.0674. The number of rotatable bonds is 2. The van der Waals surface area contributed by atoms with Gasteiger partial charge in [-0.2, -0.15) is 0 Å². The molecule has 1 aromatic rings. The fourth-order valence-electron chi connectivity index (χ4n) is 0.813. The zero-order valence-corrected chi connectivity index (χ0v) is 6.66. The largest absolute Gasteiger partial charge is 0.476 e. The molecule has 13 heavy (non-hydrogen) atoms. The third kappa shape index (κ3) is 1.95. The van der Waals surface area contributed by atoms with Gasteiger partial charge in [-0.05, 0) is 6.92 Å². The number of aromatic carboxylic acids is 1. The van der Waals surface area contributed by atoms with Gasteiger partial charge in [-0.15, -0.1) is 0 Å². The minimum absolute atomic E-state index is 0.264. The summed E-state index contributed by atoms with van der Waals surface area (Å²) in [4.78, 5) is 17.2. The van der Waals surface area contributed by atoms with E-state index in [1.165, 1.54) is 6.92 Å². The van der Waals surface area contributed by atoms with Gasteiger partial charge in [0.1, 0.15) is 5.69 Å². The molecular formula is C7H6F2N2O2. The highest BCUT2D eigenvalue weighted by molar-refractivity contribution is 5.86. The van der Waals surface area contributed by atoms with Crippen LogP contribution in [0.3, 0.4) is 0 Å².